The van der Waals surface area contributed by atoms with Gasteiger partial charge in [0.1, 0.15) is 5.75 Å². The van der Waals surface area contributed by atoms with Crippen molar-refractivity contribution in [3.63, 3.8) is 0 Å². The van der Waals surface area contributed by atoms with Crippen LogP contribution >= 0.6 is 0 Å². The summed E-state index contributed by atoms with van der Waals surface area (Å²) in [5.74, 6) is -0.296. The van der Waals surface area contributed by atoms with Gasteiger partial charge in [-0.2, -0.15) is 0 Å². The number of hydrogen-bond acceptors (Lipinski definition) is 4. The van der Waals surface area contributed by atoms with Crippen molar-refractivity contribution >= 4 is 17.5 Å². The number of carbonyl (C=O) groups excluding carboxylic acids is 2. The lowest BCUT2D eigenvalue weighted by Gasteiger charge is -2.12. The molecule has 0 aliphatic carbocycles. The molecule has 4 N–H and O–H groups in total. The van der Waals surface area contributed by atoms with Crippen molar-refractivity contribution in [1.29, 1.82) is 0 Å². The van der Waals surface area contributed by atoms with Gasteiger partial charge in [0.15, 0.2) is 0 Å². The molecule has 0 fully saturated rings. The smallest absolute Gasteiger partial charge is 0.248 e. The van der Waals surface area contributed by atoms with Gasteiger partial charge in [-0.25, -0.2) is 0 Å². The van der Waals surface area contributed by atoms with Gasteiger partial charge in [0.25, 0.3) is 0 Å². The molecule has 0 aromatic heterocycles. The fourth-order valence-corrected chi connectivity index (χ4v) is 1.45. The van der Waals surface area contributed by atoms with E-state index in [2.05, 4.69) is 10.6 Å². The van der Waals surface area contributed by atoms with Crippen LogP contribution < -0.4 is 21.1 Å². The van der Waals surface area contributed by atoms with Gasteiger partial charge in [0, 0.05) is 11.6 Å². The number of methoxy groups -OCH3 is 1. The maximum absolute atomic E-state index is 11.7. The van der Waals surface area contributed by atoms with Crippen LogP contribution in [-0.4, -0.2) is 31.5 Å². The van der Waals surface area contributed by atoms with Gasteiger partial charge in [-0.3, -0.25) is 9.59 Å². The van der Waals surface area contributed by atoms with E-state index in [0.717, 1.165) is 0 Å². The molecule has 0 spiro atoms. The number of benzene rings is 1. The summed E-state index contributed by atoms with van der Waals surface area (Å²) in [6.45, 7) is 4.07. The molecule has 0 radical (unpaired) electrons. The van der Waals surface area contributed by atoms with E-state index < -0.39 is 5.91 Å². The van der Waals surface area contributed by atoms with E-state index in [1.807, 2.05) is 13.8 Å². The Bertz CT molecular complexity index is 472. The van der Waals surface area contributed by atoms with Gasteiger partial charge < -0.3 is 21.1 Å². The van der Waals surface area contributed by atoms with E-state index in [4.69, 9.17) is 10.5 Å². The Morgan fingerprint density at radius 2 is 2.05 bits per heavy atom. The highest BCUT2D eigenvalue weighted by Gasteiger charge is 2.10. The average molecular weight is 265 g/mol. The van der Waals surface area contributed by atoms with E-state index in [0.29, 0.717) is 17.0 Å². The lowest BCUT2D eigenvalue weighted by atomic mass is 10.1. The molecule has 0 aliphatic rings. The first-order valence-corrected chi connectivity index (χ1v) is 5.95. The van der Waals surface area contributed by atoms with Crippen molar-refractivity contribution < 1.29 is 14.3 Å². The van der Waals surface area contributed by atoms with Crippen LogP contribution in [0.15, 0.2) is 18.2 Å². The Morgan fingerprint density at radius 1 is 1.37 bits per heavy atom. The topological polar surface area (TPSA) is 93.4 Å². The minimum atomic E-state index is -0.557. The summed E-state index contributed by atoms with van der Waals surface area (Å²) < 4.78 is 5.12. The summed E-state index contributed by atoms with van der Waals surface area (Å²) >= 11 is 0. The first-order valence-electron chi connectivity index (χ1n) is 5.95. The van der Waals surface area contributed by atoms with Crippen LogP contribution in [0.3, 0.4) is 0 Å². The number of ether oxygens (including phenoxy) is 1. The standard InChI is InChI=1S/C13H19N3O3/c1-8(2)15-7-12(17)16-10-6-9(13(14)18)4-5-11(10)19-3/h4-6,8,15H,7H2,1-3H3,(H2,14,18)(H,16,17). The number of nitrogens with two attached hydrogens (primary N) is 1. The number of anilines is 1. The Morgan fingerprint density at radius 3 is 2.58 bits per heavy atom. The second-order valence-electron chi connectivity index (χ2n) is 4.36. The molecule has 0 bridgehead atoms. The predicted molar refractivity (Wildman–Crippen MR) is 73.3 cm³/mol. The first-order chi connectivity index (χ1) is 8.93. The summed E-state index contributed by atoms with van der Waals surface area (Å²) in [7, 11) is 1.49. The Labute approximate surface area is 112 Å². The zero-order valence-corrected chi connectivity index (χ0v) is 11.3. The molecule has 1 rings (SSSR count). The number of amides is 2. The molecule has 1 aromatic carbocycles. The van der Waals surface area contributed by atoms with Gasteiger partial charge in [0.2, 0.25) is 11.8 Å². The Hall–Kier alpha value is -2.08. The summed E-state index contributed by atoms with van der Waals surface area (Å²) in [5, 5.41) is 5.67. The van der Waals surface area contributed by atoms with E-state index in [1.165, 1.54) is 13.2 Å². The number of primary amides is 1. The van der Waals surface area contributed by atoms with E-state index >= 15 is 0 Å². The maximum Gasteiger partial charge on any atom is 0.248 e. The Kier molecular flexibility index (Phi) is 5.32. The van der Waals surface area contributed by atoms with Crippen LogP contribution in [-0.2, 0) is 4.79 Å². The SMILES string of the molecule is COc1ccc(C(N)=O)cc1NC(=O)CNC(C)C. The third kappa shape index (κ3) is 4.59. The maximum atomic E-state index is 11.7. The van der Waals surface area contributed by atoms with Gasteiger partial charge in [0.05, 0.1) is 19.3 Å². The molecule has 6 nitrogen and oxygen atoms in total. The van der Waals surface area contributed by atoms with Crippen LogP contribution in [0.1, 0.15) is 24.2 Å². The molecule has 19 heavy (non-hydrogen) atoms. The molecule has 0 aliphatic heterocycles. The lowest BCUT2D eigenvalue weighted by Crippen LogP contribution is -2.32. The number of nitrogens with one attached hydrogen (secondary N) is 2. The number of hydrogen-bond donors (Lipinski definition) is 3. The third-order valence-electron chi connectivity index (χ3n) is 2.43. The van der Waals surface area contributed by atoms with E-state index in [1.54, 1.807) is 12.1 Å². The van der Waals surface area contributed by atoms with Gasteiger partial charge in [-0.15, -0.1) is 0 Å². The molecule has 0 atom stereocenters. The molecular weight excluding hydrogens is 246 g/mol. The summed E-state index contributed by atoms with van der Waals surface area (Å²) in [5.41, 5.74) is 5.94. The molecule has 0 unspecified atom stereocenters. The predicted octanol–water partition coefficient (Wildman–Crippen LogP) is 0.731. The lowest BCUT2D eigenvalue weighted by molar-refractivity contribution is -0.115. The quantitative estimate of drug-likeness (QED) is 0.707. The summed E-state index contributed by atoms with van der Waals surface area (Å²) in [4.78, 5) is 22.8. The molecule has 0 heterocycles. The number of rotatable bonds is 6. The average Bonchev–Trinajstić information content (AvgIpc) is 2.36. The monoisotopic (exact) mass is 265 g/mol. The fraction of sp³-hybridized carbons (Fsp3) is 0.385. The highest BCUT2D eigenvalue weighted by atomic mass is 16.5. The van der Waals surface area contributed by atoms with E-state index in [-0.39, 0.29) is 18.5 Å². The molecular formula is C13H19N3O3. The van der Waals surface area contributed by atoms with Crippen molar-refractivity contribution in [2.75, 3.05) is 19.0 Å². The second kappa shape index (κ2) is 6.75. The molecule has 6 heteroatoms. The molecule has 2 amide bonds. The van der Waals surface area contributed by atoms with Crippen LogP contribution in [0.5, 0.6) is 5.75 Å². The minimum absolute atomic E-state index is 0.182. The van der Waals surface area contributed by atoms with Crippen LogP contribution in [0.25, 0.3) is 0 Å². The van der Waals surface area contributed by atoms with Crippen LogP contribution in [0, 0.1) is 0 Å². The summed E-state index contributed by atoms with van der Waals surface area (Å²) in [6.07, 6.45) is 0. The van der Waals surface area contributed by atoms with Crippen molar-refractivity contribution in [1.82, 2.24) is 5.32 Å². The highest BCUT2D eigenvalue weighted by Crippen LogP contribution is 2.25. The molecule has 0 saturated heterocycles. The normalized spacial score (nSPS) is 10.3. The number of carbonyl (C=O) groups is 2. The van der Waals surface area contributed by atoms with Crippen LogP contribution in [0.4, 0.5) is 5.69 Å². The summed E-state index contributed by atoms with van der Waals surface area (Å²) in [6, 6.07) is 4.84. The van der Waals surface area contributed by atoms with Crippen molar-refractivity contribution in [2.24, 2.45) is 5.73 Å². The van der Waals surface area contributed by atoms with Crippen molar-refractivity contribution in [3.8, 4) is 5.75 Å². The van der Waals surface area contributed by atoms with Gasteiger partial charge >= 0.3 is 0 Å². The Balaban J connectivity index is 2.82. The highest BCUT2D eigenvalue weighted by molar-refractivity contribution is 5.98. The second-order valence-corrected chi connectivity index (χ2v) is 4.36. The zero-order chi connectivity index (χ0) is 14.4. The minimum Gasteiger partial charge on any atom is -0.495 e. The molecule has 0 saturated carbocycles. The van der Waals surface area contributed by atoms with Crippen molar-refractivity contribution in [2.45, 2.75) is 19.9 Å². The molecule has 104 valence electrons. The van der Waals surface area contributed by atoms with E-state index in [9.17, 15) is 9.59 Å². The fourth-order valence-electron chi connectivity index (χ4n) is 1.45. The van der Waals surface area contributed by atoms with Gasteiger partial charge in [-0.05, 0) is 18.2 Å². The van der Waals surface area contributed by atoms with Crippen molar-refractivity contribution in [3.05, 3.63) is 23.8 Å². The van der Waals surface area contributed by atoms with Gasteiger partial charge in [-0.1, -0.05) is 13.8 Å². The largest absolute Gasteiger partial charge is 0.495 e. The third-order valence-corrected chi connectivity index (χ3v) is 2.43. The van der Waals surface area contributed by atoms with Crippen LogP contribution in [0.2, 0.25) is 0 Å². The molecule has 1 aromatic rings. The first kappa shape index (κ1) is 15.0. The zero-order valence-electron chi connectivity index (χ0n) is 11.3.